The van der Waals surface area contributed by atoms with Crippen molar-refractivity contribution in [2.24, 2.45) is 17.2 Å². The first kappa shape index (κ1) is 39.1. The summed E-state index contributed by atoms with van der Waals surface area (Å²) in [6, 6.07) is -7.72. The molecule has 1 fully saturated rings. The number of rotatable bonds is 19. The summed E-state index contributed by atoms with van der Waals surface area (Å²) < 4.78 is 0. The summed E-state index contributed by atoms with van der Waals surface area (Å²) in [6.07, 6.45) is 0.149. The third-order valence-electron chi connectivity index (χ3n) is 6.93. The second-order valence-electron chi connectivity index (χ2n) is 10.7. The number of nitrogens with one attached hydrogen (secondary N) is 4. The van der Waals surface area contributed by atoms with Gasteiger partial charge in [-0.25, -0.2) is 4.79 Å². The van der Waals surface area contributed by atoms with Gasteiger partial charge in [0.1, 0.15) is 24.2 Å². The van der Waals surface area contributed by atoms with E-state index in [1.807, 2.05) is 0 Å². The maximum atomic E-state index is 13.2. The molecule has 0 aliphatic carbocycles. The Morgan fingerprint density at radius 3 is 2.02 bits per heavy atom. The van der Waals surface area contributed by atoms with Gasteiger partial charge in [0.05, 0.1) is 18.6 Å². The first-order valence-electron chi connectivity index (χ1n) is 14.2. The number of aliphatic hydroxyl groups is 1. The van der Waals surface area contributed by atoms with E-state index in [2.05, 4.69) is 21.3 Å². The van der Waals surface area contributed by atoms with Crippen LogP contribution in [0.5, 0.6) is 0 Å². The zero-order chi connectivity index (χ0) is 34.4. The Balaban J connectivity index is 3.00. The summed E-state index contributed by atoms with van der Waals surface area (Å²) >= 11 is 1.36. The van der Waals surface area contributed by atoms with Crippen LogP contribution < -0.4 is 38.5 Å². The van der Waals surface area contributed by atoms with Crippen LogP contribution in [0, 0.1) is 0 Å². The number of aliphatic carboxylic acids is 1. The Morgan fingerprint density at radius 1 is 0.889 bits per heavy atom. The monoisotopic (exact) mass is 660 g/mol. The number of nitrogens with two attached hydrogens (primary N) is 3. The number of carbonyl (C=O) groups is 8. The number of likely N-dealkylation sites (tertiary alicyclic amines) is 1. The van der Waals surface area contributed by atoms with Gasteiger partial charge in [-0.3, -0.25) is 33.6 Å². The summed E-state index contributed by atoms with van der Waals surface area (Å²) in [4.78, 5) is 100. The van der Waals surface area contributed by atoms with Crippen molar-refractivity contribution in [2.75, 3.05) is 18.6 Å². The average molecular weight is 661 g/mol. The molecule has 45 heavy (non-hydrogen) atoms. The van der Waals surface area contributed by atoms with Crippen molar-refractivity contribution in [2.45, 2.75) is 94.7 Å². The Bertz CT molecular complexity index is 1120. The van der Waals surface area contributed by atoms with Crippen LogP contribution in [0.4, 0.5) is 0 Å². The van der Waals surface area contributed by atoms with Crippen molar-refractivity contribution in [3.05, 3.63) is 0 Å². The number of carboxylic acids is 1. The van der Waals surface area contributed by atoms with Gasteiger partial charge in [0.2, 0.25) is 41.4 Å². The second kappa shape index (κ2) is 18.7. The molecule has 0 radical (unpaired) electrons. The number of hydrogen-bond acceptors (Lipinski definition) is 11. The van der Waals surface area contributed by atoms with E-state index < -0.39 is 96.1 Å². The van der Waals surface area contributed by atoms with Crippen LogP contribution in [0.3, 0.4) is 0 Å². The smallest absolute Gasteiger partial charge is 0.328 e. The lowest BCUT2D eigenvalue weighted by Gasteiger charge is -2.28. The molecule has 1 rings (SSSR count). The largest absolute Gasteiger partial charge is 0.480 e. The van der Waals surface area contributed by atoms with Gasteiger partial charge in [-0.1, -0.05) is 0 Å². The number of carbonyl (C=O) groups excluding carboxylic acids is 7. The van der Waals surface area contributed by atoms with Gasteiger partial charge in [-0.15, -0.1) is 0 Å². The van der Waals surface area contributed by atoms with Crippen LogP contribution >= 0.6 is 11.8 Å². The lowest BCUT2D eigenvalue weighted by Crippen LogP contribution is -2.59. The molecule has 1 saturated heterocycles. The van der Waals surface area contributed by atoms with Crippen LogP contribution in [0.2, 0.25) is 0 Å². The summed E-state index contributed by atoms with van der Waals surface area (Å²) in [5, 5.41) is 28.5. The van der Waals surface area contributed by atoms with E-state index in [1.165, 1.54) is 30.5 Å². The lowest BCUT2D eigenvalue weighted by molar-refractivity contribution is -0.145. The number of carboxylic acid groups (broad SMARTS) is 1. The quantitative estimate of drug-likeness (QED) is 0.0635. The van der Waals surface area contributed by atoms with Crippen molar-refractivity contribution in [3.63, 3.8) is 0 Å². The van der Waals surface area contributed by atoms with Gasteiger partial charge < -0.3 is 53.6 Å². The molecule has 0 bridgehead atoms. The van der Waals surface area contributed by atoms with Crippen LogP contribution in [-0.4, -0.2) is 123 Å². The maximum absolute atomic E-state index is 13.2. The molecule has 18 nitrogen and oxygen atoms in total. The molecule has 0 aromatic heterocycles. The minimum atomic E-state index is -1.62. The topological polar surface area (TPSA) is 306 Å². The minimum Gasteiger partial charge on any atom is -0.480 e. The van der Waals surface area contributed by atoms with E-state index >= 15 is 0 Å². The Labute approximate surface area is 264 Å². The molecule has 1 aliphatic heterocycles. The van der Waals surface area contributed by atoms with Crippen molar-refractivity contribution in [1.29, 1.82) is 0 Å². The number of hydrogen-bond donors (Lipinski definition) is 9. The van der Waals surface area contributed by atoms with Gasteiger partial charge in [0.15, 0.2) is 6.04 Å². The molecular formula is C26H44N8O10S. The van der Waals surface area contributed by atoms with Gasteiger partial charge in [-0.05, 0) is 51.5 Å². The molecular weight excluding hydrogens is 616 g/mol. The third-order valence-corrected chi connectivity index (χ3v) is 7.58. The first-order chi connectivity index (χ1) is 21.0. The van der Waals surface area contributed by atoms with Crippen molar-refractivity contribution in [3.8, 4) is 0 Å². The number of amides is 7. The molecule has 0 aromatic rings. The zero-order valence-electron chi connectivity index (χ0n) is 25.4. The zero-order valence-corrected chi connectivity index (χ0v) is 26.3. The van der Waals surface area contributed by atoms with Gasteiger partial charge >= 0.3 is 5.97 Å². The molecule has 254 valence electrons. The van der Waals surface area contributed by atoms with Crippen molar-refractivity contribution < 1.29 is 48.6 Å². The second-order valence-corrected chi connectivity index (χ2v) is 11.7. The van der Waals surface area contributed by atoms with Crippen LogP contribution in [-0.2, 0) is 38.4 Å². The number of aliphatic hydroxyl groups excluding tert-OH is 1. The summed E-state index contributed by atoms with van der Waals surface area (Å²) in [7, 11) is 0. The molecule has 1 heterocycles. The number of nitrogens with zero attached hydrogens (tertiary/aromatic N) is 1. The van der Waals surface area contributed by atoms with E-state index in [0.717, 1.165) is 0 Å². The normalized spacial score (nSPS) is 18.3. The molecule has 1 aliphatic rings. The Hall–Kier alpha value is -3.97. The first-order valence-corrected chi connectivity index (χ1v) is 15.6. The van der Waals surface area contributed by atoms with Gasteiger partial charge in [0, 0.05) is 13.0 Å². The lowest BCUT2D eigenvalue weighted by atomic mass is 10.1. The van der Waals surface area contributed by atoms with Crippen LogP contribution in [0.25, 0.3) is 0 Å². The van der Waals surface area contributed by atoms with E-state index in [0.29, 0.717) is 12.2 Å². The highest BCUT2D eigenvalue weighted by molar-refractivity contribution is 7.98. The molecule has 7 amide bonds. The molecule has 7 atom stereocenters. The van der Waals surface area contributed by atoms with Crippen LogP contribution in [0.1, 0.15) is 52.4 Å². The molecule has 12 N–H and O–H groups in total. The molecule has 19 heteroatoms. The molecule has 0 saturated carbocycles. The van der Waals surface area contributed by atoms with E-state index in [-0.39, 0.29) is 32.2 Å². The number of thioether (sulfide) groups is 1. The van der Waals surface area contributed by atoms with Crippen molar-refractivity contribution in [1.82, 2.24) is 26.2 Å². The fourth-order valence-electron chi connectivity index (χ4n) is 4.47. The highest BCUT2D eigenvalue weighted by Gasteiger charge is 2.38. The fraction of sp³-hybridized carbons (Fsp3) is 0.692. The summed E-state index contributed by atoms with van der Waals surface area (Å²) in [5.41, 5.74) is 16.1. The minimum absolute atomic E-state index is 0.0998. The Kier molecular flexibility index (Phi) is 16.3. The van der Waals surface area contributed by atoms with Gasteiger partial charge in [-0.2, -0.15) is 11.8 Å². The summed E-state index contributed by atoms with van der Waals surface area (Å²) in [6.45, 7) is 2.66. The fourth-order valence-corrected chi connectivity index (χ4v) is 4.94. The highest BCUT2D eigenvalue weighted by Crippen LogP contribution is 2.19. The maximum Gasteiger partial charge on any atom is 0.328 e. The standard InChI is InChI=1S/C26H44N8O10S/c1-12(21(38)31-16(8-10-45-3)23(40)33-20(13(2)35)26(43)44)30-22(39)15(6-7-18(28)36)32-24(41)17-5-4-9-34(17)25(42)14(27)11-19(29)37/h12-17,20,35H,4-11,27H2,1-3H3,(H2,28,36)(H2,29,37)(H,30,39)(H,31,38)(H,32,41)(H,33,40)(H,43,44)/t12-,13+,14-,15-,16-,17-,20-/m0/s1. The van der Waals surface area contributed by atoms with E-state index in [1.54, 1.807) is 6.26 Å². The summed E-state index contributed by atoms with van der Waals surface area (Å²) in [5.74, 6) is -6.56. The van der Waals surface area contributed by atoms with Gasteiger partial charge in [0.25, 0.3) is 0 Å². The van der Waals surface area contributed by atoms with Crippen LogP contribution in [0.15, 0.2) is 0 Å². The van der Waals surface area contributed by atoms with E-state index in [9.17, 15) is 48.6 Å². The predicted octanol–water partition coefficient (Wildman–Crippen LogP) is -4.38. The van der Waals surface area contributed by atoms with Crippen molar-refractivity contribution >= 4 is 59.1 Å². The SMILES string of the molecule is CSCC[C@H](NC(=O)[C@H](C)NC(=O)[C@H](CCC(N)=O)NC(=O)[C@@H]1CCCN1C(=O)[C@@H](N)CC(N)=O)C(=O)N[C@H](C(=O)O)[C@@H](C)O. The van der Waals surface area contributed by atoms with E-state index in [4.69, 9.17) is 17.2 Å². The number of primary amides is 2. The Morgan fingerprint density at radius 2 is 1.49 bits per heavy atom. The average Bonchev–Trinajstić information content (AvgIpc) is 3.44. The molecule has 0 spiro atoms. The molecule has 0 aromatic carbocycles. The molecule has 0 unspecified atom stereocenters. The highest BCUT2D eigenvalue weighted by atomic mass is 32.2. The predicted molar refractivity (Wildman–Crippen MR) is 161 cm³/mol. The third kappa shape index (κ3) is 12.9.